The summed E-state index contributed by atoms with van der Waals surface area (Å²) in [5, 5.41) is 0. The lowest BCUT2D eigenvalue weighted by Gasteiger charge is -2.23. The second kappa shape index (κ2) is 7.03. The van der Waals surface area contributed by atoms with Crippen LogP contribution in [0.2, 0.25) is 0 Å². The average molecular weight is 239 g/mol. The van der Waals surface area contributed by atoms with Crippen molar-refractivity contribution < 1.29 is 4.74 Å². The van der Waals surface area contributed by atoms with E-state index < -0.39 is 0 Å². The molecule has 1 heterocycles. The molecule has 0 saturated heterocycles. The standard InChI is InChI=1S/C15H29NO/c1-5-6-7-8-9-10-11-15(3,4)14-16-13(2)12-17-14/h13H,5-12H2,1-4H3. The van der Waals surface area contributed by atoms with Crippen molar-refractivity contribution in [3.63, 3.8) is 0 Å². The zero-order chi connectivity index (χ0) is 12.7. The summed E-state index contributed by atoms with van der Waals surface area (Å²) in [6, 6.07) is 0.355. The number of hydrogen-bond acceptors (Lipinski definition) is 2. The van der Waals surface area contributed by atoms with E-state index >= 15 is 0 Å². The highest BCUT2D eigenvalue weighted by Gasteiger charge is 2.30. The molecule has 0 amide bonds. The Labute approximate surface area is 107 Å². The van der Waals surface area contributed by atoms with Crippen LogP contribution in [-0.4, -0.2) is 18.5 Å². The van der Waals surface area contributed by atoms with Gasteiger partial charge in [-0.05, 0) is 13.3 Å². The van der Waals surface area contributed by atoms with E-state index in [4.69, 9.17) is 4.74 Å². The molecule has 0 spiro atoms. The minimum Gasteiger partial charge on any atom is -0.478 e. The molecule has 0 fully saturated rings. The molecule has 1 rings (SSSR count). The molecule has 0 aromatic rings. The van der Waals surface area contributed by atoms with Crippen LogP contribution in [0, 0.1) is 5.41 Å². The van der Waals surface area contributed by atoms with Crippen LogP contribution < -0.4 is 0 Å². The van der Waals surface area contributed by atoms with Crippen molar-refractivity contribution in [1.29, 1.82) is 0 Å². The zero-order valence-electron chi connectivity index (χ0n) is 12.1. The fourth-order valence-corrected chi connectivity index (χ4v) is 2.30. The molecule has 0 aliphatic carbocycles. The van der Waals surface area contributed by atoms with Crippen LogP contribution in [0.25, 0.3) is 0 Å². The molecular formula is C15H29NO. The molecule has 2 heteroatoms. The normalized spacial score (nSPS) is 20.2. The number of rotatable bonds is 8. The third-order valence-electron chi connectivity index (χ3n) is 3.53. The van der Waals surface area contributed by atoms with Gasteiger partial charge in [-0.15, -0.1) is 0 Å². The summed E-state index contributed by atoms with van der Waals surface area (Å²) in [6.45, 7) is 9.68. The van der Waals surface area contributed by atoms with Gasteiger partial charge in [-0.3, -0.25) is 0 Å². The Morgan fingerprint density at radius 3 is 2.41 bits per heavy atom. The van der Waals surface area contributed by atoms with Crippen molar-refractivity contribution in [3.8, 4) is 0 Å². The smallest absolute Gasteiger partial charge is 0.189 e. The van der Waals surface area contributed by atoms with E-state index in [0.717, 1.165) is 12.5 Å². The van der Waals surface area contributed by atoms with Crippen LogP contribution in [0.1, 0.15) is 72.6 Å². The van der Waals surface area contributed by atoms with Gasteiger partial charge in [0.05, 0.1) is 6.04 Å². The van der Waals surface area contributed by atoms with Crippen molar-refractivity contribution >= 4 is 5.90 Å². The maximum atomic E-state index is 5.68. The maximum absolute atomic E-state index is 5.68. The van der Waals surface area contributed by atoms with E-state index in [1.165, 1.54) is 44.9 Å². The zero-order valence-corrected chi connectivity index (χ0v) is 12.1. The van der Waals surface area contributed by atoms with Crippen molar-refractivity contribution in [2.24, 2.45) is 10.4 Å². The van der Waals surface area contributed by atoms with Crippen molar-refractivity contribution in [3.05, 3.63) is 0 Å². The lowest BCUT2D eigenvalue weighted by atomic mass is 9.86. The van der Waals surface area contributed by atoms with E-state index in [1.54, 1.807) is 0 Å². The lowest BCUT2D eigenvalue weighted by molar-refractivity contribution is 0.269. The fourth-order valence-electron chi connectivity index (χ4n) is 2.30. The number of nitrogens with zero attached hydrogens (tertiary/aromatic N) is 1. The van der Waals surface area contributed by atoms with E-state index in [9.17, 15) is 0 Å². The number of aliphatic imine (C=N–C) groups is 1. The Kier molecular flexibility index (Phi) is 6.01. The molecule has 0 aromatic carbocycles. The molecule has 1 atom stereocenters. The van der Waals surface area contributed by atoms with Gasteiger partial charge in [0.2, 0.25) is 0 Å². The molecule has 0 aromatic heterocycles. The fraction of sp³-hybridized carbons (Fsp3) is 0.933. The predicted octanol–water partition coefficient (Wildman–Crippen LogP) is 4.58. The van der Waals surface area contributed by atoms with Crippen LogP contribution in [0.5, 0.6) is 0 Å². The van der Waals surface area contributed by atoms with Gasteiger partial charge in [-0.25, -0.2) is 4.99 Å². The van der Waals surface area contributed by atoms with Crippen LogP contribution in [0.4, 0.5) is 0 Å². The van der Waals surface area contributed by atoms with Crippen LogP contribution in [0.3, 0.4) is 0 Å². The summed E-state index contributed by atoms with van der Waals surface area (Å²) in [4.78, 5) is 4.58. The molecule has 100 valence electrons. The molecule has 0 radical (unpaired) electrons. The highest BCUT2D eigenvalue weighted by molar-refractivity contribution is 5.83. The topological polar surface area (TPSA) is 21.6 Å². The molecule has 0 N–H and O–H groups in total. The first kappa shape index (κ1) is 14.5. The Hall–Kier alpha value is -0.530. The summed E-state index contributed by atoms with van der Waals surface area (Å²) in [6.07, 6.45) is 9.34. The van der Waals surface area contributed by atoms with Gasteiger partial charge < -0.3 is 4.74 Å². The molecule has 0 saturated carbocycles. The Morgan fingerprint density at radius 2 is 1.82 bits per heavy atom. The van der Waals surface area contributed by atoms with E-state index in [0.29, 0.717) is 6.04 Å². The van der Waals surface area contributed by atoms with Crippen LogP contribution in [-0.2, 0) is 4.74 Å². The molecule has 2 nitrogen and oxygen atoms in total. The van der Waals surface area contributed by atoms with Gasteiger partial charge in [0, 0.05) is 5.41 Å². The average Bonchev–Trinajstić information content (AvgIpc) is 2.71. The monoisotopic (exact) mass is 239 g/mol. The first-order chi connectivity index (χ1) is 8.06. The minimum absolute atomic E-state index is 0.134. The van der Waals surface area contributed by atoms with Crippen LogP contribution in [0.15, 0.2) is 4.99 Å². The molecule has 1 unspecified atom stereocenters. The highest BCUT2D eigenvalue weighted by atomic mass is 16.5. The van der Waals surface area contributed by atoms with Gasteiger partial charge in [-0.2, -0.15) is 0 Å². The van der Waals surface area contributed by atoms with Crippen molar-refractivity contribution in [2.45, 2.75) is 78.7 Å². The third-order valence-corrected chi connectivity index (χ3v) is 3.53. The SMILES string of the molecule is CCCCCCCCC(C)(C)C1=NC(C)CO1. The lowest BCUT2D eigenvalue weighted by Crippen LogP contribution is -2.24. The summed E-state index contributed by atoms with van der Waals surface area (Å²) < 4.78 is 5.68. The molecule has 1 aliphatic heterocycles. The van der Waals surface area contributed by atoms with Gasteiger partial charge in [0.25, 0.3) is 0 Å². The Balaban J connectivity index is 2.18. The molecule has 1 aliphatic rings. The second-order valence-corrected chi connectivity index (χ2v) is 6.00. The first-order valence-corrected chi connectivity index (χ1v) is 7.27. The molecule has 0 bridgehead atoms. The third kappa shape index (κ3) is 5.10. The number of unbranched alkanes of at least 4 members (excludes halogenated alkanes) is 5. The summed E-state index contributed by atoms with van der Waals surface area (Å²) in [5.41, 5.74) is 0.134. The molecule has 17 heavy (non-hydrogen) atoms. The largest absolute Gasteiger partial charge is 0.478 e. The number of hydrogen-bond donors (Lipinski definition) is 0. The minimum atomic E-state index is 0.134. The van der Waals surface area contributed by atoms with Gasteiger partial charge in [0.1, 0.15) is 6.61 Å². The quantitative estimate of drug-likeness (QED) is 0.568. The summed E-state index contributed by atoms with van der Waals surface area (Å²) in [7, 11) is 0. The second-order valence-electron chi connectivity index (χ2n) is 6.00. The van der Waals surface area contributed by atoms with E-state index in [1.807, 2.05) is 0 Å². The van der Waals surface area contributed by atoms with Gasteiger partial charge in [0.15, 0.2) is 5.90 Å². The van der Waals surface area contributed by atoms with E-state index in [2.05, 4.69) is 32.7 Å². The Morgan fingerprint density at radius 1 is 1.18 bits per heavy atom. The van der Waals surface area contributed by atoms with Crippen molar-refractivity contribution in [2.75, 3.05) is 6.61 Å². The maximum Gasteiger partial charge on any atom is 0.189 e. The van der Waals surface area contributed by atoms with Gasteiger partial charge in [-0.1, -0.05) is 59.3 Å². The summed E-state index contributed by atoms with van der Waals surface area (Å²) in [5.74, 6) is 0.985. The number of ether oxygens (including phenoxy) is 1. The molecular weight excluding hydrogens is 210 g/mol. The predicted molar refractivity (Wildman–Crippen MR) is 74.6 cm³/mol. The summed E-state index contributed by atoms with van der Waals surface area (Å²) >= 11 is 0. The van der Waals surface area contributed by atoms with E-state index in [-0.39, 0.29) is 5.41 Å². The van der Waals surface area contributed by atoms with Crippen molar-refractivity contribution in [1.82, 2.24) is 0 Å². The highest BCUT2D eigenvalue weighted by Crippen LogP contribution is 2.29. The van der Waals surface area contributed by atoms with Crippen LogP contribution >= 0.6 is 0 Å². The Bertz CT molecular complexity index is 245. The van der Waals surface area contributed by atoms with Gasteiger partial charge >= 0.3 is 0 Å². The first-order valence-electron chi connectivity index (χ1n) is 7.27.